The smallest absolute Gasteiger partial charge is 0.342 e. The van der Waals surface area contributed by atoms with Gasteiger partial charge in [-0.25, -0.2) is 9.59 Å². The molecule has 0 aliphatic heterocycles. The zero-order valence-corrected chi connectivity index (χ0v) is 17.5. The number of carbonyl (C=O) groups is 2. The minimum Gasteiger partial charge on any atom is -0.464 e. The number of ether oxygens (including phenoxy) is 2. The van der Waals surface area contributed by atoms with Gasteiger partial charge >= 0.3 is 11.9 Å². The number of rotatable bonds is 11. The van der Waals surface area contributed by atoms with Gasteiger partial charge in [0, 0.05) is 0 Å². The molecule has 0 spiro atoms. The molecule has 162 valence electrons. The van der Waals surface area contributed by atoms with Crippen molar-refractivity contribution in [3.8, 4) is 0 Å². The van der Waals surface area contributed by atoms with Gasteiger partial charge in [-0.15, -0.1) is 0 Å². The highest BCUT2D eigenvalue weighted by Crippen LogP contribution is 2.33. The van der Waals surface area contributed by atoms with E-state index in [1.54, 1.807) is 74.5 Å². The minimum atomic E-state index is -1.79. The van der Waals surface area contributed by atoms with Crippen LogP contribution in [-0.2, 0) is 30.3 Å². The first kappa shape index (κ1) is 23.6. The first-order valence-corrected chi connectivity index (χ1v) is 10.3. The summed E-state index contributed by atoms with van der Waals surface area (Å²) in [5.41, 5.74) is -2.67. The fourth-order valence-corrected chi connectivity index (χ4v) is 3.42. The topological polar surface area (TPSA) is 93.1 Å². The third kappa shape index (κ3) is 5.46. The van der Waals surface area contributed by atoms with Crippen LogP contribution in [-0.4, -0.2) is 35.4 Å². The quantitative estimate of drug-likeness (QED) is 0.432. The van der Waals surface area contributed by atoms with Crippen LogP contribution in [0.15, 0.2) is 60.7 Å². The van der Waals surface area contributed by atoms with Gasteiger partial charge in [0.05, 0.1) is 13.2 Å². The lowest BCUT2D eigenvalue weighted by Gasteiger charge is -2.28. The molecule has 6 nitrogen and oxygen atoms in total. The highest BCUT2D eigenvalue weighted by atomic mass is 16.6. The number of unbranched alkanes of at least 4 members (excludes halogenated alkanes) is 1. The fourth-order valence-electron chi connectivity index (χ4n) is 3.42. The van der Waals surface area contributed by atoms with Gasteiger partial charge in [-0.1, -0.05) is 60.7 Å². The molecule has 0 bridgehead atoms. The van der Waals surface area contributed by atoms with E-state index in [4.69, 9.17) is 9.47 Å². The molecule has 0 heterocycles. The van der Waals surface area contributed by atoms with E-state index in [1.807, 2.05) is 0 Å². The van der Waals surface area contributed by atoms with Crippen LogP contribution in [0.5, 0.6) is 0 Å². The van der Waals surface area contributed by atoms with Crippen molar-refractivity contribution in [2.45, 2.75) is 50.7 Å². The Morgan fingerprint density at radius 3 is 1.33 bits per heavy atom. The third-order valence-electron chi connectivity index (χ3n) is 5.06. The standard InChI is InChI=1S/C24H30O6/c1-3-29-21(25)23(27,19-13-7-5-8-14-19)17-11-12-18-24(28,22(26)30-4-2)20-15-9-6-10-16-20/h5-10,13-16,27-28H,3-4,11-12,17-18H2,1-2H3. The van der Waals surface area contributed by atoms with Crippen molar-refractivity contribution in [3.63, 3.8) is 0 Å². The fraction of sp³-hybridized carbons (Fsp3) is 0.417. The molecule has 30 heavy (non-hydrogen) atoms. The lowest BCUT2D eigenvalue weighted by Crippen LogP contribution is -2.39. The summed E-state index contributed by atoms with van der Waals surface area (Å²) in [6.45, 7) is 3.68. The molecule has 0 amide bonds. The molecule has 2 aromatic carbocycles. The van der Waals surface area contributed by atoms with E-state index >= 15 is 0 Å². The Morgan fingerprint density at radius 2 is 1.03 bits per heavy atom. The number of esters is 2. The Labute approximate surface area is 177 Å². The summed E-state index contributed by atoms with van der Waals surface area (Å²) in [7, 11) is 0. The lowest BCUT2D eigenvalue weighted by atomic mass is 9.85. The second-order valence-corrected chi connectivity index (χ2v) is 7.10. The van der Waals surface area contributed by atoms with Crippen LogP contribution in [0.2, 0.25) is 0 Å². The summed E-state index contributed by atoms with van der Waals surface area (Å²) >= 11 is 0. The van der Waals surface area contributed by atoms with Gasteiger partial charge in [0.25, 0.3) is 0 Å². The van der Waals surface area contributed by atoms with E-state index in [-0.39, 0.29) is 26.1 Å². The molecule has 2 aromatic rings. The average Bonchev–Trinajstić information content (AvgIpc) is 2.78. The second-order valence-electron chi connectivity index (χ2n) is 7.10. The molecule has 0 saturated heterocycles. The molecular formula is C24H30O6. The Balaban J connectivity index is 2.13. The van der Waals surface area contributed by atoms with E-state index in [0.29, 0.717) is 24.0 Å². The first-order valence-electron chi connectivity index (χ1n) is 10.3. The molecule has 6 heteroatoms. The van der Waals surface area contributed by atoms with Gasteiger partial charge in [0.2, 0.25) is 0 Å². The summed E-state index contributed by atoms with van der Waals surface area (Å²) in [4.78, 5) is 25.0. The van der Waals surface area contributed by atoms with E-state index < -0.39 is 23.1 Å². The lowest BCUT2D eigenvalue weighted by molar-refractivity contribution is -0.169. The maximum absolute atomic E-state index is 12.5. The highest BCUT2D eigenvalue weighted by Gasteiger charge is 2.41. The Kier molecular flexibility index (Phi) is 8.57. The number of aliphatic hydroxyl groups is 2. The van der Waals surface area contributed by atoms with Crippen LogP contribution in [0, 0.1) is 0 Å². The number of hydrogen-bond donors (Lipinski definition) is 2. The zero-order valence-electron chi connectivity index (χ0n) is 17.5. The van der Waals surface area contributed by atoms with Crippen LogP contribution in [0.1, 0.15) is 50.7 Å². The van der Waals surface area contributed by atoms with Gasteiger partial charge in [-0.2, -0.15) is 0 Å². The van der Waals surface area contributed by atoms with Gasteiger partial charge in [-0.3, -0.25) is 0 Å². The molecule has 0 aliphatic rings. The monoisotopic (exact) mass is 414 g/mol. The molecule has 0 aromatic heterocycles. The highest BCUT2D eigenvalue weighted by molar-refractivity contribution is 5.81. The predicted molar refractivity (Wildman–Crippen MR) is 112 cm³/mol. The third-order valence-corrected chi connectivity index (χ3v) is 5.06. The summed E-state index contributed by atoms with van der Waals surface area (Å²) in [5, 5.41) is 22.2. The molecule has 0 radical (unpaired) electrons. The van der Waals surface area contributed by atoms with Crippen LogP contribution < -0.4 is 0 Å². The maximum Gasteiger partial charge on any atom is 0.342 e. The van der Waals surface area contributed by atoms with E-state index in [2.05, 4.69) is 0 Å². The summed E-state index contributed by atoms with van der Waals surface area (Å²) < 4.78 is 10.2. The first-order chi connectivity index (χ1) is 14.4. The van der Waals surface area contributed by atoms with E-state index in [1.165, 1.54) is 0 Å². The number of hydrogen-bond acceptors (Lipinski definition) is 6. The molecule has 2 N–H and O–H groups in total. The summed E-state index contributed by atoms with van der Waals surface area (Å²) in [6.07, 6.45) is 0.977. The van der Waals surface area contributed by atoms with E-state index in [0.717, 1.165) is 0 Å². The molecule has 2 unspecified atom stereocenters. The molecule has 2 rings (SSSR count). The minimum absolute atomic E-state index is 0.101. The van der Waals surface area contributed by atoms with Gasteiger partial charge in [-0.05, 0) is 50.7 Å². The van der Waals surface area contributed by atoms with Crippen molar-refractivity contribution in [2.24, 2.45) is 0 Å². The second kappa shape index (κ2) is 10.9. The van der Waals surface area contributed by atoms with Crippen molar-refractivity contribution >= 4 is 11.9 Å². The van der Waals surface area contributed by atoms with Crippen LogP contribution in [0.4, 0.5) is 0 Å². The summed E-state index contributed by atoms with van der Waals surface area (Å²) in [6, 6.07) is 17.3. The van der Waals surface area contributed by atoms with Crippen molar-refractivity contribution in [1.82, 2.24) is 0 Å². The van der Waals surface area contributed by atoms with Crippen molar-refractivity contribution < 1.29 is 29.3 Å². The van der Waals surface area contributed by atoms with Gasteiger partial charge in [0.15, 0.2) is 11.2 Å². The Bertz CT molecular complexity index is 737. The zero-order chi connectivity index (χ0) is 22.0. The Morgan fingerprint density at radius 1 is 0.700 bits per heavy atom. The molecule has 0 aliphatic carbocycles. The predicted octanol–water partition coefficient (Wildman–Crippen LogP) is 3.45. The van der Waals surface area contributed by atoms with E-state index in [9.17, 15) is 19.8 Å². The largest absolute Gasteiger partial charge is 0.464 e. The molecule has 0 saturated carbocycles. The number of benzene rings is 2. The maximum atomic E-state index is 12.5. The normalized spacial score (nSPS) is 14.9. The average molecular weight is 414 g/mol. The van der Waals surface area contributed by atoms with Crippen molar-refractivity contribution in [2.75, 3.05) is 13.2 Å². The SMILES string of the molecule is CCOC(=O)C(O)(CCCCC(O)(C(=O)OCC)c1ccccc1)c1ccccc1. The molecule has 2 atom stereocenters. The molecule has 0 fully saturated rings. The molecular weight excluding hydrogens is 384 g/mol. The summed E-state index contributed by atoms with van der Waals surface area (Å²) in [5.74, 6) is -1.42. The van der Waals surface area contributed by atoms with Crippen molar-refractivity contribution in [1.29, 1.82) is 0 Å². The van der Waals surface area contributed by atoms with Crippen molar-refractivity contribution in [3.05, 3.63) is 71.8 Å². The van der Waals surface area contributed by atoms with Crippen LogP contribution in [0.3, 0.4) is 0 Å². The van der Waals surface area contributed by atoms with Crippen LogP contribution in [0.25, 0.3) is 0 Å². The van der Waals surface area contributed by atoms with Crippen LogP contribution >= 0.6 is 0 Å². The Hall–Kier alpha value is -2.70. The number of carbonyl (C=O) groups excluding carboxylic acids is 2. The van der Waals surface area contributed by atoms with Gasteiger partial charge < -0.3 is 19.7 Å². The van der Waals surface area contributed by atoms with Gasteiger partial charge in [0.1, 0.15) is 0 Å².